The van der Waals surface area contributed by atoms with Crippen molar-refractivity contribution in [1.82, 2.24) is 24.3 Å². The third-order valence-electron chi connectivity index (χ3n) is 3.11. The van der Waals surface area contributed by atoms with Crippen LogP contribution in [0.15, 0.2) is 45.1 Å². The van der Waals surface area contributed by atoms with Gasteiger partial charge in [0.15, 0.2) is 10.8 Å². The number of rotatable bonds is 4. The van der Waals surface area contributed by atoms with E-state index in [1.54, 1.807) is 17.5 Å². The zero-order valence-electron chi connectivity index (χ0n) is 11.6. The molecule has 0 bridgehead atoms. The molecule has 2 N–H and O–H groups in total. The molecule has 0 amide bonds. The third-order valence-corrected chi connectivity index (χ3v) is 5.71. The molecule has 116 valence electrons. The Balaban J connectivity index is 1.58. The lowest BCUT2D eigenvalue weighted by molar-refractivity contribution is 0.849. The lowest BCUT2D eigenvalue weighted by atomic mass is 10.4. The van der Waals surface area contributed by atoms with Crippen LogP contribution >= 0.6 is 34.4 Å². The summed E-state index contributed by atoms with van der Waals surface area (Å²) in [5.41, 5.74) is 0.614. The van der Waals surface area contributed by atoms with Crippen molar-refractivity contribution in [3.63, 3.8) is 0 Å². The highest BCUT2D eigenvalue weighted by Crippen LogP contribution is 2.26. The highest BCUT2D eigenvalue weighted by Gasteiger charge is 2.13. The number of fused-ring (bicyclic) bond motifs is 1. The Morgan fingerprint density at radius 3 is 3.00 bits per heavy atom. The standard InChI is InChI=1S/C13H10N6OS3/c14-19-11(9-2-1-4-21-9)16-17-13(19)23-7-8-6-10(20)18-3-5-22-12(18)15-8/h1-6H,7,14H2. The summed E-state index contributed by atoms with van der Waals surface area (Å²) in [4.78, 5) is 18.1. The normalized spacial score (nSPS) is 11.3. The number of thioether (sulfide) groups is 1. The molecule has 0 aromatic carbocycles. The van der Waals surface area contributed by atoms with Crippen LogP contribution in [0.3, 0.4) is 0 Å². The molecular weight excluding hydrogens is 352 g/mol. The van der Waals surface area contributed by atoms with Gasteiger partial charge in [0.05, 0.1) is 10.6 Å². The van der Waals surface area contributed by atoms with Gasteiger partial charge in [-0.2, -0.15) is 0 Å². The Morgan fingerprint density at radius 2 is 2.17 bits per heavy atom. The van der Waals surface area contributed by atoms with E-state index in [2.05, 4.69) is 15.2 Å². The van der Waals surface area contributed by atoms with Crippen molar-refractivity contribution in [2.24, 2.45) is 0 Å². The average Bonchev–Trinajstić information content (AvgIpc) is 3.25. The fourth-order valence-corrected chi connectivity index (χ4v) is 4.24. The minimum Gasteiger partial charge on any atom is -0.335 e. The van der Waals surface area contributed by atoms with Gasteiger partial charge < -0.3 is 5.84 Å². The summed E-state index contributed by atoms with van der Waals surface area (Å²) in [6, 6.07) is 5.42. The molecule has 0 aliphatic heterocycles. The average molecular weight is 362 g/mol. The van der Waals surface area contributed by atoms with Crippen LogP contribution in [0, 0.1) is 0 Å². The Hall–Kier alpha value is -2.17. The number of thiazole rings is 1. The van der Waals surface area contributed by atoms with E-state index >= 15 is 0 Å². The Kier molecular flexibility index (Phi) is 3.63. The van der Waals surface area contributed by atoms with Crippen molar-refractivity contribution < 1.29 is 0 Å². The fraction of sp³-hybridized carbons (Fsp3) is 0.0769. The summed E-state index contributed by atoms with van der Waals surface area (Å²) < 4.78 is 2.99. The molecule has 0 aliphatic carbocycles. The number of nitrogens with zero attached hydrogens (tertiary/aromatic N) is 5. The van der Waals surface area contributed by atoms with E-state index < -0.39 is 0 Å². The summed E-state index contributed by atoms with van der Waals surface area (Å²) in [6.07, 6.45) is 1.72. The van der Waals surface area contributed by atoms with Crippen LogP contribution in [-0.2, 0) is 5.75 Å². The van der Waals surface area contributed by atoms with Crippen LogP contribution in [0.4, 0.5) is 0 Å². The quantitative estimate of drug-likeness (QED) is 0.441. The maximum atomic E-state index is 12.0. The molecule has 0 saturated heterocycles. The molecule has 4 heterocycles. The lowest BCUT2D eigenvalue weighted by Gasteiger charge is -2.02. The van der Waals surface area contributed by atoms with Gasteiger partial charge in [0.1, 0.15) is 0 Å². The first-order valence-corrected chi connectivity index (χ1v) is 9.30. The van der Waals surface area contributed by atoms with E-state index in [4.69, 9.17) is 5.84 Å². The zero-order chi connectivity index (χ0) is 15.8. The van der Waals surface area contributed by atoms with Crippen molar-refractivity contribution in [3.8, 4) is 10.7 Å². The Labute approximate surface area is 142 Å². The van der Waals surface area contributed by atoms with Gasteiger partial charge in [0.2, 0.25) is 5.16 Å². The highest BCUT2D eigenvalue weighted by atomic mass is 32.2. The zero-order valence-corrected chi connectivity index (χ0v) is 14.1. The van der Waals surface area contributed by atoms with Crippen molar-refractivity contribution in [2.45, 2.75) is 10.9 Å². The molecule has 4 rings (SSSR count). The molecule has 0 spiro atoms. The van der Waals surface area contributed by atoms with Gasteiger partial charge in [-0.15, -0.1) is 32.9 Å². The van der Waals surface area contributed by atoms with Gasteiger partial charge in [0.25, 0.3) is 5.56 Å². The first kappa shape index (κ1) is 14.4. The predicted molar refractivity (Wildman–Crippen MR) is 92.4 cm³/mol. The smallest absolute Gasteiger partial charge is 0.258 e. The van der Waals surface area contributed by atoms with Gasteiger partial charge in [0, 0.05) is 23.4 Å². The van der Waals surface area contributed by atoms with Crippen molar-refractivity contribution in [1.29, 1.82) is 0 Å². The van der Waals surface area contributed by atoms with Crippen LogP contribution in [0.5, 0.6) is 0 Å². The molecule has 0 saturated carbocycles. The van der Waals surface area contributed by atoms with Gasteiger partial charge >= 0.3 is 0 Å². The number of hydrogen-bond acceptors (Lipinski definition) is 8. The minimum atomic E-state index is -0.0830. The lowest BCUT2D eigenvalue weighted by Crippen LogP contribution is -2.13. The summed E-state index contributed by atoms with van der Waals surface area (Å²) in [5.74, 6) is 7.19. The topological polar surface area (TPSA) is 91.1 Å². The summed E-state index contributed by atoms with van der Waals surface area (Å²) in [7, 11) is 0. The van der Waals surface area contributed by atoms with E-state index in [1.807, 2.05) is 22.9 Å². The number of hydrogen-bond donors (Lipinski definition) is 1. The third kappa shape index (κ3) is 2.64. The van der Waals surface area contributed by atoms with Gasteiger partial charge in [-0.25, -0.2) is 9.66 Å². The van der Waals surface area contributed by atoms with E-state index in [0.717, 1.165) is 4.88 Å². The Bertz CT molecular complexity index is 1020. The SMILES string of the molecule is Nn1c(SCc2cc(=O)n3ccsc3n2)nnc1-c1cccs1. The molecule has 4 aromatic rings. The van der Waals surface area contributed by atoms with E-state index in [9.17, 15) is 4.79 Å². The number of nitrogens with two attached hydrogens (primary N) is 1. The second kappa shape index (κ2) is 5.80. The molecule has 23 heavy (non-hydrogen) atoms. The molecule has 0 aliphatic rings. The van der Waals surface area contributed by atoms with Crippen molar-refractivity contribution >= 4 is 39.4 Å². The molecule has 0 atom stereocenters. The second-order valence-corrected chi connectivity index (χ2v) is 7.35. The first-order chi connectivity index (χ1) is 11.2. The predicted octanol–water partition coefficient (Wildman–Crippen LogP) is 2.08. The summed E-state index contributed by atoms with van der Waals surface area (Å²) >= 11 is 4.38. The number of aromatic nitrogens is 5. The van der Waals surface area contributed by atoms with Gasteiger partial charge in [-0.3, -0.25) is 9.20 Å². The largest absolute Gasteiger partial charge is 0.335 e. The summed E-state index contributed by atoms with van der Waals surface area (Å²) in [5, 5.41) is 12.6. The van der Waals surface area contributed by atoms with E-state index in [-0.39, 0.29) is 5.56 Å². The molecular formula is C13H10N6OS3. The Morgan fingerprint density at radius 1 is 1.26 bits per heavy atom. The highest BCUT2D eigenvalue weighted by molar-refractivity contribution is 7.98. The molecule has 0 fully saturated rings. The number of nitrogen functional groups attached to an aromatic ring is 1. The second-order valence-electron chi connectivity index (χ2n) is 4.58. The van der Waals surface area contributed by atoms with Crippen LogP contribution in [0.25, 0.3) is 15.7 Å². The van der Waals surface area contributed by atoms with E-state index in [0.29, 0.717) is 27.4 Å². The molecule has 10 heteroatoms. The number of thiophene rings is 1. The van der Waals surface area contributed by atoms with Crippen molar-refractivity contribution in [2.75, 3.05) is 5.84 Å². The van der Waals surface area contributed by atoms with Gasteiger partial charge in [-0.05, 0) is 11.4 Å². The first-order valence-electron chi connectivity index (χ1n) is 6.55. The molecule has 0 unspecified atom stereocenters. The van der Waals surface area contributed by atoms with Crippen molar-refractivity contribution in [3.05, 3.63) is 51.2 Å². The van der Waals surface area contributed by atoms with Crippen LogP contribution in [-0.4, -0.2) is 24.3 Å². The maximum absolute atomic E-state index is 12.0. The van der Waals surface area contributed by atoms with Gasteiger partial charge in [-0.1, -0.05) is 17.8 Å². The fourth-order valence-electron chi connectivity index (χ4n) is 2.05. The molecule has 7 nitrogen and oxygen atoms in total. The van der Waals surface area contributed by atoms with Crippen LogP contribution in [0.2, 0.25) is 0 Å². The van der Waals surface area contributed by atoms with Crippen LogP contribution < -0.4 is 11.4 Å². The molecule has 0 radical (unpaired) electrons. The summed E-state index contributed by atoms with van der Waals surface area (Å²) in [6.45, 7) is 0. The monoisotopic (exact) mass is 362 g/mol. The minimum absolute atomic E-state index is 0.0830. The van der Waals surface area contributed by atoms with E-state index in [1.165, 1.54) is 38.2 Å². The molecule has 4 aromatic heterocycles. The van der Waals surface area contributed by atoms with Crippen LogP contribution in [0.1, 0.15) is 5.69 Å². The maximum Gasteiger partial charge on any atom is 0.258 e.